The first-order valence-electron chi connectivity index (χ1n) is 2.19. The van der Waals surface area contributed by atoms with Crippen molar-refractivity contribution in [2.45, 2.75) is 6.55 Å². The molecule has 0 amide bonds. The largest absolute Gasteiger partial charge is 0.423 e. The smallest absolute Gasteiger partial charge is 0.158 e. The molecule has 0 spiro atoms. The maximum Gasteiger partial charge on any atom is 0.158 e. The minimum atomic E-state index is -0.177. The van der Waals surface area contributed by atoms with Crippen molar-refractivity contribution in [1.82, 2.24) is 0 Å². The molecule has 0 aliphatic carbocycles. The van der Waals surface area contributed by atoms with Gasteiger partial charge >= 0.3 is 0 Å². The Morgan fingerprint density at radius 1 is 1.83 bits per heavy atom. The third kappa shape index (κ3) is 4.14. The van der Waals surface area contributed by atoms with Gasteiger partial charge in [0.05, 0.1) is 0 Å². The Bertz CT molecular complexity index is 22.8. The van der Waals surface area contributed by atoms with Gasteiger partial charge in [0.1, 0.15) is 0 Å². The van der Waals surface area contributed by atoms with E-state index >= 15 is 0 Å². The second-order valence-electron chi connectivity index (χ2n) is 0.986. The Labute approximate surface area is 40.6 Å². The average molecular weight is 105 g/mol. The molecular formula is C3H11NOSi. The highest BCUT2D eigenvalue weighted by atomic mass is 28.2. The first-order chi connectivity index (χ1) is 2.91. The zero-order chi connectivity index (χ0) is 4.83. The summed E-state index contributed by atoms with van der Waals surface area (Å²) in [5, 5.41) is 0. The first kappa shape index (κ1) is 6.14. The van der Waals surface area contributed by atoms with Crippen LogP contribution in [0.3, 0.4) is 0 Å². The van der Waals surface area contributed by atoms with Gasteiger partial charge < -0.3 is 10.2 Å². The maximum absolute atomic E-state index is 5.11. The summed E-state index contributed by atoms with van der Waals surface area (Å²) in [7, 11) is -0.177. The standard InChI is InChI=1S/C3H11NOSi/c1-6-5-3-2-4/h2-4,6H2,1H3. The highest BCUT2D eigenvalue weighted by Gasteiger charge is 1.73. The summed E-state index contributed by atoms with van der Waals surface area (Å²) in [5.74, 6) is 0. The molecule has 2 N–H and O–H groups in total. The van der Waals surface area contributed by atoms with Gasteiger partial charge in [0, 0.05) is 13.2 Å². The number of hydrogen-bond donors (Lipinski definition) is 1. The summed E-state index contributed by atoms with van der Waals surface area (Å²) in [6, 6.07) is 0. The van der Waals surface area contributed by atoms with Gasteiger partial charge in [0.2, 0.25) is 0 Å². The molecule has 0 aromatic carbocycles. The van der Waals surface area contributed by atoms with Crippen molar-refractivity contribution in [2.24, 2.45) is 5.73 Å². The fourth-order valence-corrected chi connectivity index (χ4v) is 0.683. The van der Waals surface area contributed by atoms with Gasteiger partial charge in [-0.15, -0.1) is 0 Å². The lowest BCUT2D eigenvalue weighted by atomic mass is 10.8. The van der Waals surface area contributed by atoms with E-state index in [1.807, 2.05) is 0 Å². The van der Waals surface area contributed by atoms with Gasteiger partial charge in [-0.3, -0.25) is 0 Å². The molecule has 38 valence electrons. The third-order valence-electron chi connectivity index (χ3n) is 0.466. The molecule has 0 saturated heterocycles. The molecule has 0 aromatic rings. The predicted molar refractivity (Wildman–Crippen MR) is 29.4 cm³/mol. The molecule has 0 atom stereocenters. The van der Waals surface area contributed by atoms with Crippen LogP contribution in [-0.4, -0.2) is 22.9 Å². The summed E-state index contributed by atoms with van der Waals surface area (Å²) in [5.41, 5.74) is 5.11. The topological polar surface area (TPSA) is 35.2 Å². The van der Waals surface area contributed by atoms with Crippen LogP contribution in [-0.2, 0) is 4.43 Å². The quantitative estimate of drug-likeness (QED) is 0.373. The lowest BCUT2D eigenvalue weighted by Crippen LogP contribution is -2.08. The Morgan fingerprint density at radius 2 is 2.50 bits per heavy atom. The minimum absolute atomic E-state index is 0.177. The fourth-order valence-electron chi connectivity index (χ4n) is 0.228. The van der Waals surface area contributed by atoms with Crippen molar-refractivity contribution in [3.8, 4) is 0 Å². The van der Waals surface area contributed by atoms with E-state index < -0.39 is 0 Å². The molecule has 0 bridgehead atoms. The van der Waals surface area contributed by atoms with Gasteiger partial charge in [-0.2, -0.15) is 0 Å². The van der Waals surface area contributed by atoms with Crippen molar-refractivity contribution in [3.63, 3.8) is 0 Å². The number of rotatable bonds is 3. The van der Waals surface area contributed by atoms with E-state index in [2.05, 4.69) is 6.55 Å². The average Bonchev–Trinajstić information content (AvgIpc) is 1.61. The molecule has 0 heterocycles. The molecule has 3 heteroatoms. The van der Waals surface area contributed by atoms with Gasteiger partial charge in [0.25, 0.3) is 0 Å². The van der Waals surface area contributed by atoms with Crippen molar-refractivity contribution >= 4 is 9.76 Å². The van der Waals surface area contributed by atoms with Gasteiger partial charge in [-0.05, 0) is 0 Å². The summed E-state index contributed by atoms with van der Waals surface area (Å²) in [4.78, 5) is 0. The number of nitrogens with two attached hydrogens (primary N) is 1. The maximum atomic E-state index is 5.11. The molecule has 0 aliphatic rings. The summed E-state index contributed by atoms with van der Waals surface area (Å²) < 4.78 is 5.00. The second-order valence-corrected chi connectivity index (χ2v) is 1.97. The molecule has 0 aliphatic heterocycles. The molecule has 0 rings (SSSR count). The normalized spacial score (nSPS) is 11.0. The Kier molecular flexibility index (Phi) is 5.25. The van der Waals surface area contributed by atoms with Crippen LogP contribution in [0.5, 0.6) is 0 Å². The SMILES string of the molecule is C[SiH2]OCCN. The van der Waals surface area contributed by atoms with Crippen LogP contribution in [0.25, 0.3) is 0 Å². The van der Waals surface area contributed by atoms with Crippen LogP contribution in [0.1, 0.15) is 0 Å². The Morgan fingerprint density at radius 3 is 2.67 bits per heavy atom. The summed E-state index contributed by atoms with van der Waals surface area (Å²) in [6.07, 6.45) is 0. The van der Waals surface area contributed by atoms with E-state index in [9.17, 15) is 0 Å². The van der Waals surface area contributed by atoms with Crippen LogP contribution in [0.2, 0.25) is 6.55 Å². The zero-order valence-electron chi connectivity index (χ0n) is 4.11. The molecule has 2 nitrogen and oxygen atoms in total. The molecule has 0 fully saturated rings. The molecule has 0 aromatic heterocycles. The van der Waals surface area contributed by atoms with Crippen LogP contribution in [0.4, 0.5) is 0 Å². The molecule has 0 saturated carbocycles. The Balaban J connectivity index is 2.34. The highest BCUT2D eigenvalue weighted by Crippen LogP contribution is 1.61. The zero-order valence-corrected chi connectivity index (χ0v) is 5.52. The van der Waals surface area contributed by atoms with Crippen LogP contribution < -0.4 is 5.73 Å². The van der Waals surface area contributed by atoms with Crippen molar-refractivity contribution < 1.29 is 4.43 Å². The molecule has 0 radical (unpaired) electrons. The lowest BCUT2D eigenvalue weighted by Gasteiger charge is -1.91. The monoisotopic (exact) mass is 105 g/mol. The minimum Gasteiger partial charge on any atom is -0.423 e. The van der Waals surface area contributed by atoms with E-state index in [1.54, 1.807) is 0 Å². The number of hydrogen-bond acceptors (Lipinski definition) is 2. The van der Waals surface area contributed by atoms with Gasteiger partial charge in [0.15, 0.2) is 9.76 Å². The third-order valence-corrected chi connectivity index (χ3v) is 1.16. The lowest BCUT2D eigenvalue weighted by molar-refractivity contribution is 0.350. The van der Waals surface area contributed by atoms with Crippen LogP contribution in [0, 0.1) is 0 Å². The van der Waals surface area contributed by atoms with Crippen molar-refractivity contribution in [1.29, 1.82) is 0 Å². The molecule has 0 unspecified atom stereocenters. The summed E-state index contributed by atoms with van der Waals surface area (Å²) in [6.45, 7) is 3.51. The Hall–Kier alpha value is 0.137. The van der Waals surface area contributed by atoms with Gasteiger partial charge in [-0.25, -0.2) is 0 Å². The fraction of sp³-hybridized carbons (Fsp3) is 1.00. The van der Waals surface area contributed by atoms with Crippen molar-refractivity contribution in [3.05, 3.63) is 0 Å². The predicted octanol–water partition coefficient (Wildman–Crippen LogP) is -0.906. The molecule has 6 heavy (non-hydrogen) atoms. The van der Waals surface area contributed by atoms with Crippen molar-refractivity contribution in [2.75, 3.05) is 13.2 Å². The first-order valence-corrected chi connectivity index (χ1v) is 4.18. The van der Waals surface area contributed by atoms with Gasteiger partial charge in [-0.1, -0.05) is 6.55 Å². The van der Waals surface area contributed by atoms with Crippen LogP contribution in [0.15, 0.2) is 0 Å². The van der Waals surface area contributed by atoms with Crippen LogP contribution >= 0.6 is 0 Å². The van der Waals surface area contributed by atoms with E-state index in [1.165, 1.54) is 0 Å². The van der Waals surface area contributed by atoms with E-state index in [0.29, 0.717) is 6.54 Å². The second kappa shape index (κ2) is 5.14. The van der Waals surface area contributed by atoms with E-state index in [-0.39, 0.29) is 9.76 Å². The van der Waals surface area contributed by atoms with E-state index in [0.717, 1.165) is 6.61 Å². The highest BCUT2D eigenvalue weighted by molar-refractivity contribution is 6.24. The molecular weight excluding hydrogens is 94.1 g/mol. The summed E-state index contributed by atoms with van der Waals surface area (Å²) >= 11 is 0. The van der Waals surface area contributed by atoms with E-state index in [4.69, 9.17) is 10.2 Å².